The lowest BCUT2D eigenvalue weighted by atomic mass is 10.5. The van der Waals surface area contributed by atoms with Gasteiger partial charge in [-0.2, -0.15) is 0 Å². The van der Waals surface area contributed by atoms with E-state index >= 15 is 0 Å². The van der Waals surface area contributed by atoms with Crippen LogP contribution in [0.3, 0.4) is 0 Å². The first-order chi connectivity index (χ1) is 4.75. The summed E-state index contributed by atoms with van der Waals surface area (Å²) in [7, 11) is 0. The van der Waals surface area contributed by atoms with Gasteiger partial charge in [0.1, 0.15) is 0 Å². The number of rotatable bonds is 2. The second-order valence-electron chi connectivity index (χ2n) is 2.13. The number of hydrogen-bond acceptors (Lipinski definition) is 3. The van der Waals surface area contributed by atoms with Gasteiger partial charge in [0.2, 0.25) is 0 Å². The molecular formula is C6H10N2O2. The fourth-order valence-electron chi connectivity index (χ4n) is 0.878. The number of nitrogens with zero attached hydrogens (tertiary/aromatic N) is 1. The van der Waals surface area contributed by atoms with E-state index in [4.69, 9.17) is 10.8 Å². The van der Waals surface area contributed by atoms with Gasteiger partial charge in [-0.25, -0.2) is 0 Å². The van der Waals surface area contributed by atoms with E-state index in [2.05, 4.69) is 0 Å². The van der Waals surface area contributed by atoms with Gasteiger partial charge in [-0.15, -0.1) is 0 Å². The molecule has 1 aliphatic rings. The minimum atomic E-state index is -0.314. The Hall–Kier alpha value is -1.03. The molecule has 0 aromatic rings. The van der Waals surface area contributed by atoms with Gasteiger partial charge in [-0.1, -0.05) is 0 Å². The Morgan fingerprint density at radius 1 is 1.80 bits per heavy atom. The Morgan fingerprint density at radius 3 is 2.90 bits per heavy atom. The van der Waals surface area contributed by atoms with Crippen LogP contribution in [0, 0.1) is 0 Å². The summed E-state index contributed by atoms with van der Waals surface area (Å²) in [6.07, 6.45) is 1.48. The molecule has 0 aromatic carbocycles. The number of amides is 1. The average Bonchev–Trinajstić information content (AvgIpc) is 2.20. The Morgan fingerprint density at radius 2 is 2.50 bits per heavy atom. The zero-order valence-corrected chi connectivity index (χ0v) is 5.58. The molecule has 0 aliphatic carbocycles. The highest BCUT2D eigenvalue weighted by Crippen LogP contribution is 2.06. The van der Waals surface area contributed by atoms with Crippen LogP contribution in [0.4, 0.5) is 0 Å². The van der Waals surface area contributed by atoms with Gasteiger partial charge in [0.25, 0.3) is 5.91 Å². The zero-order chi connectivity index (χ0) is 7.56. The van der Waals surface area contributed by atoms with Crippen molar-refractivity contribution < 1.29 is 9.90 Å². The van der Waals surface area contributed by atoms with Crippen LogP contribution in [0.25, 0.3) is 0 Å². The molecule has 0 spiro atoms. The van der Waals surface area contributed by atoms with E-state index < -0.39 is 0 Å². The summed E-state index contributed by atoms with van der Waals surface area (Å²) in [5.74, 6) is -0.473. The third-order valence-corrected chi connectivity index (χ3v) is 1.41. The Labute approximate surface area is 58.9 Å². The largest absolute Gasteiger partial charge is 0.503 e. The van der Waals surface area contributed by atoms with Crippen molar-refractivity contribution in [1.82, 2.24) is 4.90 Å². The van der Waals surface area contributed by atoms with Crippen molar-refractivity contribution in [2.45, 2.75) is 0 Å². The highest BCUT2D eigenvalue weighted by molar-refractivity contribution is 5.93. The van der Waals surface area contributed by atoms with Crippen molar-refractivity contribution in [2.75, 3.05) is 19.6 Å². The Balaban J connectivity index is 2.48. The van der Waals surface area contributed by atoms with E-state index in [0.29, 0.717) is 19.6 Å². The molecule has 4 heteroatoms. The summed E-state index contributed by atoms with van der Waals surface area (Å²) in [4.78, 5) is 12.3. The van der Waals surface area contributed by atoms with Gasteiger partial charge in [0.05, 0.1) is 0 Å². The molecule has 1 amide bonds. The number of aliphatic hydroxyl groups excluding tert-OH is 1. The van der Waals surface area contributed by atoms with Gasteiger partial charge >= 0.3 is 0 Å². The smallest absolute Gasteiger partial charge is 0.288 e. The van der Waals surface area contributed by atoms with Crippen molar-refractivity contribution in [1.29, 1.82) is 0 Å². The van der Waals surface area contributed by atoms with Crippen molar-refractivity contribution in [3.8, 4) is 0 Å². The number of aliphatic hydroxyl groups is 1. The maximum atomic E-state index is 10.8. The molecule has 10 heavy (non-hydrogen) atoms. The predicted octanol–water partition coefficient (Wildman–Crippen LogP) is -0.771. The van der Waals surface area contributed by atoms with Crippen LogP contribution in [0.1, 0.15) is 0 Å². The monoisotopic (exact) mass is 142 g/mol. The third kappa shape index (κ3) is 1.11. The molecule has 1 aliphatic heterocycles. The van der Waals surface area contributed by atoms with Gasteiger partial charge in [0.15, 0.2) is 5.76 Å². The molecule has 0 aromatic heterocycles. The molecule has 3 N–H and O–H groups in total. The summed E-state index contributed by atoms with van der Waals surface area (Å²) in [6, 6.07) is 0. The molecular weight excluding hydrogens is 132 g/mol. The van der Waals surface area contributed by atoms with E-state index in [9.17, 15) is 4.79 Å². The van der Waals surface area contributed by atoms with E-state index in [0.717, 1.165) is 0 Å². The molecule has 0 fully saturated rings. The van der Waals surface area contributed by atoms with Crippen LogP contribution in [0.5, 0.6) is 0 Å². The van der Waals surface area contributed by atoms with Crippen LogP contribution in [-0.4, -0.2) is 35.5 Å². The second kappa shape index (κ2) is 2.70. The molecule has 0 atom stereocenters. The first-order valence-corrected chi connectivity index (χ1v) is 3.14. The lowest BCUT2D eigenvalue weighted by Crippen LogP contribution is -2.31. The minimum absolute atomic E-state index is 0.159. The Kier molecular flexibility index (Phi) is 1.91. The van der Waals surface area contributed by atoms with Crippen LogP contribution in [0.2, 0.25) is 0 Å². The van der Waals surface area contributed by atoms with Crippen LogP contribution in [-0.2, 0) is 4.79 Å². The maximum absolute atomic E-state index is 10.8. The van der Waals surface area contributed by atoms with E-state index in [1.165, 1.54) is 11.0 Å². The average molecular weight is 142 g/mol. The fraction of sp³-hybridized carbons (Fsp3) is 0.500. The highest BCUT2D eigenvalue weighted by atomic mass is 16.3. The van der Waals surface area contributed by atoms with Crippen LogP contribution < -0.4 is 5.73 Å². The quantitative estimate of drug-likeness (QED) is 0.532. The van der Waals surface area contributed by atoms with Gasteiger partial charge in [-0.3, -0.25) is 4.79 Å². The van der Waals surface area contributed by atoms with Gasteiger partial charge < -0.3 is 15.7 Å². The Bertz CT molecular complexity index is 177. The normalized spacial score (nSPS) is 17.9. The zero-order valence-electron chi connectivity index (χ0n) is 5.58. The molecule has 1 heterocycles. The summed E-state index contributed by atoms with van der Waals surface area (Å²) in [5.41, 5.74) is 5.22. The van der Waals surface area contributed by atoms with Crippen LogP contribution in [0.15, 0.2) is 11.8 Å². The molecule has 4 nitrogen and oxygen atoms in total. The topological polar surface area (TPSA) is 66.6 Å². The molecule has 0 saturated carbocycles. The molecule has 0 bridgehead atoms. The minimum Gasteiger partial charge on any atom is -0.503 e. The summed E-state index contributed by atoms with van der Waals surface area (Å²) in [5, 5.41) is 8.82. The summed E-state index contributed by atoms with van der Waals surface area (Å²) in [6.45, 7) is 1.44. The fourth-order valence-corrected chi connectivity index (χ4v) is 0.878. The second-order valence-corrected chi connectivity index (χ2v) is 2.13. The summed E-state index contributed by atoms with van der Waals surface area (Å²) >= 11 is 0. The molecule has 0 unspecified atom stereocenters. The van der Waals surface area contributed by atoms with Gasteiger partial charge in [0, 0.05) is 19.6 Å². The maximum Gasteiger partial charge on any atom is 0.288 e. The number of carbonyl (C=O) groups is 1. The SMILES string of the molecule is NCCN1CC=C(O)C1=O. The first kappa shape index (κ1) is 7.08. The van der Waals surface area contributed by atoms with Gasteiger partial charge in [-0.05, 0) is 6.08 Å². The van der Waals surface area contributed by atoms with E-state index in [1.807, 2.05) is 0 Å². The first-order valence-electron chi connectivity index (χ1n) is 3.14. The molecule has 56 valence electrons. The number of carbonyl (C=O) groups excluding carboxylic acids is 1. The van der Waals surface area contributed by atoms with E-state index in [-0.39, 0.29) is 11.7 Å². The van der Waals surface area contributed by atoms with E-state index in [1.54, 1.807) is 0 Å². The van der Waals surface area contributed by atoms with Crippen molar-refractivity contribution in [2.24, 2.45) is 5.73 Å². The molecule has 0 saturated heterocycles. The van der Waals surface area contributed by atoms with Crippen LogP contribution >= 0.6 is 0 Å². The summed E-state index contributed by atoms with van der Waals surface area (Å²) < 4.78 is 0. The third-order valence-electron chi connectivity index (χ3n) is 1.41. The highest BCUT2D eigenvalue weighted by Gasteiger charge is 2.21. The standard InChI is InChI=1S/C6H10N2O2/c7-2-4-8-3-1-5(9)6(8)10/h1,9H,2-4,7H2. The molecule has 0 radical (unpaired) electrons. The number of nitrogens with two attached hydrogens (primary N) is 1. The number of hydrogen-bond donors (Lipinski definition) is 2. The molecule has 1 rings (SSSR count). The predicted molar refractivity (Wildman–Crippen MR) is 36.3 cm³/mol. The van der Waals surface area contributed by atoms with Crippen molar-refractivity contribution >= 4 is 5.91 Å². The lowest BCUT2D eigenvalue weighted by Gasteiger charge is -2.12. The lowest BCUT2D eigenvalue weighted by molar-refractivity contribution is -0.127. The van der Waals surface area contributed by atoms with Crippen molar-refractivity contribution in [3.05, 3.63) is 11.8 Å². The van der Waals surface area contributed by atoms with Crippen molar-refractivity contribution in [3.63, 3.8) is 0 Å².